The number of pyridine rings is 1. The third kappa shape index (κ3) is 4.85. The van der Waals surface area contributed by atoms with E-state index >= 15 is 0 Å². The van der Waals surface area contributed by atoms with E-state index in [4.69, 9.17) is 9.47 Å². The number of nitrogens with zero attached hydrogens (tertiary/aromatic N) is 2. The molecule has 29 heavy (non-hydrogen) atoms. The van der Waals surface area contributed by atoms with Gasteiger partial charge in [-0.15, -0.1) is 0 Å². The molecule has 0 aliphatic rings. The maximum absolute atomic E-state index is 12.8. The number of benzene rings is 2. The van der Waals surface area contributed by atoms with Crippen LogP contribution < -0.4 is 19.7 Å². The summed E-state index contributed by atoms with van der Waals surface area (Å²) in [7, 11) is 3.04. The first kappa shape index (κ1) is 20.2. The number of amides is 1. The van der Waals surface area contributed by atoms with Crippen LogP contribution in [0.15, 0.2) is 66.9 Å². The summed E-state index contributed by atoms with van der Waals surface area (Å²) in [6.45, 7) is 3.75. The van der Waals surface area contributed by atoms with E-state index < -0.39 is 0 Å². The fraction of sp³-hybridized carbons (Fsp3) is 0.217. The van der Waals surface area contributed by atoms with E-state index in [1.807, 2.05) is 24.3 Å². The van der Waals surface area contributed by atoms with E-state index in [1.54, 1.807) is 30.5 Å². The van der Waals surface area contributed by atoms with Gasteiger partial charge in [-0.25, -0.2) is 4.98 Å². The Balaban J connectivity index is 1.74. The van der Waals surface area contributed by atoms with Crippen LogP contribution in [0.4, 0.5) is 11.5 Å². The van der Waals surface area contributed by atoms with Crippen molar-refractivity contribution in [1.82, 2.24) is 4.98 Å². The number of carbonyl (C=O) groups excluding carboxylic acids is 1. The zero-order chi connectivity index (χ0) is 20.6. The van der Waals surface area contributed by atoms with Gasteiger partial charge in [-0.3, -0.25) is 4.79 Å². The molecule has 0 saturated heterocycles. The Morgan fingerprint density at radius 3 is 2.21 bits per heavy atom. The molecule has 1 N–H and O–H groups in total. The summed E-state index contributed by atoms with van der Waals surface area (Å²) >= 11 is 0. The minimum absolute atomic E-state index is 0.336. The topological polar surface area (TPSA) is 63.7 Å². The number of aromatic nitrogens is 1. The van der Waals surface area contributed by atoms with Crippen LogP contribution in [0.3, 0.4) is 0 Å². The van der Waals surface area contributed by atoms with E-state index in [-0.39, 0.29) is 5.91 Å². The predicted octanol–water partition coefficient (Wildman–Crippen LogP) is 4.38. The molecule has 0 atom stereocenters. The van der Waals surface area contributed by atoms with Crippen molar-refractivity contribution in [3.63, 3.8) is 0 Å². The Morgan fingerprint density at radius 2 is 1.66 bits per heavy atom. The molecule has 0 radical (unpaired) electrons. The van der Waals surface area contributed by atoms with Crippen molar-refractivity contribution < 1.29 is 14.3 Å². The summed E-state index contributed by atoms with van der Waals surface area (Å²) < 4.78 is 10.6. The second-order valence-corrected chi connectivity index (χ2v) is 6.39. The van der Waals surface area contributed by atoms with Crippen LogP contribution in [0.25, 0.3) is 0 Å². The molecular weight excluding hydrogens is 366 g/mol. The highest BCUT2D eigenvalue weighted by molar-refractivity contribution is 6.07. The maximum Gasteiger partial charge on any atom is 0.264 e. The molecule has 0 fully saturated rings. The SMILES string of the molecule is CCN(Cc1ccccc1)c1ccc(NC(=O)c2c(OC)cccc2OC)nc1. The molecule has 0 aliphatic heterocycles. The summed E-state index contributed by atoms with van der Waals surface area (Å²) in [6, 6.07) is 19.2. The lowest BCUT2D eigenvalue weighted by atomic mass is 10.1. The highest BCUT2D eigenvalue weighted by atomic mass is 16.5. The van der Waals surface area contributed by atoms with E-state index in [0.717, 1.165) is 18.8 Å². The smallest absolute Gasteiger partial charge is 0.264 e. The van der Waals surface area contributed by atoms with Crippen LogP contribution in [0, 0.1) is 0 Å². The zero-order valence-electron chi connectivity index (χ0n) is 16.9. The van der Waals surface area contributed by atoms with E-state index in [0.29, 0.717) is 22.9 Å². The molecule has 1 aromatic heterocycles. The van der Waals surface area contributed by atoms with Crippen molar-refractivity contribution >= 4 is 17.4 Å². The van der Waals surface area contributed by atoms with Gasteiger partial charge in [-0.2, -0.15) is 0 Å². The van der Waals surface area contributed by atoms with E-state index in [1.165, 1.54) is 19.8 Å². The number of carbonyl (C=O) groups is 1. The Labute approximate surface area is 171 Å². The second-order valence-electron chi connectivity index (χ2n) is 6.39. The molecule has 0 spiro atoms. The molecule has 2 aromatic carbocycles. The van der Waals surface area contributed by atoms with Gasteiger partial charge in [0.05, 0.1) is 26.1 Å². The lowest BCUT2D eigenvalue weighted by Crippen LogP contribution is -2.22. The summed E-state index contributed by atoms with van der Waals surface area (Å²) in [4.78, 5) is 19.4. The first-order chi connectivity index (χ1) is 14.2. The van der Waals surface area contributed by atoms with Crippen LogP contribution >= 0.6 is 0 Å². The molecule has 150 valence electrons. The third-order valence-corrected chi connectivity index (χ3v) is 4.61. The van der Waals surface area contributed by atoms with Crippen LogP contribution in [-0.2, 0) is 6.54 Å². The molecule has 6 heteroatoms. The fourth-order valence-electron chi connectivity index (χ4n) is 3.09. The quantitative estimate of drug-likeness (QED) is 0.617. The van der Waals surface area contributed by atoms with Crippen molar-refractivity contribution in [1.29, 1.82) is 0 Å². The third-order valence-electron chi connectivity index (χ3n) is 4.61. The standard InChI is InChI=1S/C23H25N3O3/c1-4-26(16-17-9-6-5-7-10-17)18-13-14-21(24-15-18)25-23(27)22-19(28-2)11-8-12-20(22)29-3/h5-15H,4,16H2,1-3H3,(H,24,25,27). The van der Waals surface area contributed by atoms with Crippen LogP contribution in [0.5, 0.6) is 11.5 Å². The number of rotatable bonds is 8. The Bertz CT molecular complexity index is 921. The Hall–Kier alpha value is -3.54. The van der Waals surface area contributed by atoms with Crippen molar-refractivity contribution in [2.24, 2.45) is 0 Å². The molecule has 0 saturated carbocycles. The average molecular weight is 391 g/mol. The summed E-state index contributed by atoms with van der Waals surface area (Å²) in [5.41, 5.74) is 2.56. The van der Waals surface area contributed by atoms with Crippen molar-refractivity contribution in [3.8, 4) is 11.5 Å². The minimum Gasteiger partial charge on any atom is -0.496 e. The predicted molar refractivity (Wildman–Crippen MR) is 115 cm³/mol. The first-order valence-electron chi connectivity index (χ1n) is 9.43. The number of ether oxygens (including phenoxy) is 2. The van der Waals surface area contributed by atoms with Gasteiger partial charge in [0, 0.05) is 13.1 Å². The lowest BCUT2D eigenvalue weighted by molar-refractivity contribution is 0.102. The largest absolute Gasteiger partial charge is 0.496 e. The minimum atomic E-state index is -0.337. The zero-order valence-corrected chi connectivity index (χ0v) is 16.9. The van der Waals surface area contributed by atoms with E-state index in [2.05, 4.69) is 34.3 Å². The molecule has 1 amide bonds. The van der Waals surface area contributed by atoms with Crippen LogP contribution in [-0.4, -0.2) is 31.7 Å². The number of nitrogens with one attached hydrogen (secondary N) is 1. The monoisotopic (exact) mass is 391 g/mol. The molecule has 0 aliphatic carbocycles. The number of methoxy groups -OCH3 is 2. The van der Waals surface area contributed by atoms with Crippen LogP contribution in [0.1, 0.15) is 22.8 Å². The molecule has 6 nitrogen and oxygen atoms in total. The normalized spacial score (nSPS) is 10.3. The van der Waals surface area contributed by atoms with Crippen LogP contribution in [0.2, 0.25) is 0 Å². The molecular formula is C23H25N3O3. The van der Waals surface area contributed by atoms with Gasteiger partial charge >= 0.3 is 0 Å². The Kier molecular flexibility index (Phi) is 6.68. The van der Waals surface area contributed by atoms with E-state index in [9.17, 15) is 4.79 Å². The highest BCUT2D eigenvalue weighted by Gasteiger charge is 2.18. The highest BCUT2D eigenvalue weighted by Crippen LogP contribution is 2.29. The maximum atomic E-state index is 12.8. The summed E-state index contributed by atoms with van der Waals surface area (Å²) in [5.74, 6) is 1.01. The average Bonchev–Trinajstić information content (AvgIpc) is 2.78. The number of hydrogen-bond donors (Lipinski definition) is 1. The molecule has 1 heterocycles. The van der Waals surface area contributed by atoms with Gasteiger partial charge in [-0.05, 0) is 36.8 Å². The van der Waals surface area contributed by atoms with Crippen molar-refractivity contribution in [3.05, 3.63) is 78.0 Å². The number of hydrogen-bond acceptors (Lipinski definition) is 5. The molecule has 3 aromatic rings. The van der Waals surface area contributed by atoms with Gasteiger partial charge in [0.2, 0.25) is 0 Å². The van der Waals surface area contributed by atoms with Gasteiger partial charge < -0.3 is 19.7 Å². The molecule has 0 unspecified atom stereocenters. The number of anilines is 2. The summed E-state index contributed by atoms with van der Waals surface area (Å²) in [5, 5.41) is 2.81. The van der Waals surface area contributed by atoms with Gasteiger partial charge in [0.15, 0.2) is 0 Å². The molecule has 3 rings (SSSR count). The molecule has 0 bridgehead atoms. The fourth-order valence-corrected chi connectivity index (χ4v) is 3.09. The van der Waals surface area contributed by atoms with Gasteiger partial charge in [0.1, 0.15) is 22.9 Å². The summed E-state index contributed by atoms with van der Waals surface area (Å²) in [6.07, 6.45) is 1.77. The lowest BCUT2D eigenvalue weighted by Gasteiger charge is -2.23. The Morgan fingerprint density at radius 1 is 0.966 bits per heavy atom. The van der Waals surface area contributed by atoms with Gasteiger partial charge in [-0.1, -0.05) is 36.4 Å². The van der Waals surface area contributed by atoms with Gasteiger partial charge in [0.25, 0.3) is 5.91 Å². The first-order valence-corrected chi connectivity index (χ1v) is 9.43. The van der Waals surface area contributed by atoms with Crippen molar-refractivity contribution in [2.45, 2.75) is 13.5 Å². The second kappa shape index (κ2) is 9.59. The van der Waals surface area contributed by atoms with Crippen molar-refractivity contribution in [2.75, 3.05) is 31.0 Å².